The number of nitrogens with one attached hydrogen (secondary N) is 1. The molecule has 0 bridgehead atoms. The molecule has 3 rings (SSSR count). The second-order valence-electron chi connectivity index (χ2n) is 5.27. The van der Waals surface area contributed by atoms with Crippen LogP contribution in [0, 0.1) is 11.6 Å². The Bertz CT molecular complexity index is 739. The molecule has 2 atom stereocenters. The van der Waals surface area contributed by atoms with Crippen molar-refractivity contribution >= 4 is 5.91 Å². The number of amides is 1. The normalized spacial score (nSPS) is 20.4. The lowest BCUT2D eigenvalue weighted by Crippen LogP contribution is -2.36. The highest BCUT2D eigenvalue weighted by atomic mass is 19.2. The van der Waals surface area contributed by atoms with E-state index in [4.69, 9.17) is 4.74 Å². The van der Waals surface area contributed by atoms with Crippen molar-refractivity contribution in [1.82, 2.24) is 10.3 Å². The van der Waals surface area contributed by atoms with E-state index in [-0.39, 0.29) is 17.4 Å². The van der Waals surface area contributed by atoms with E-state index in [9.17, 15) is 18.7 Å². The van der Waals surface area contributed by atoms with Crippen LogP contribution >= 0.6 is 0 Å². The van der Waals surface area contributed by atoms with Gasteiger partial charge in [0.2, 0.25) is 0 Å². The van der Waals surface area contributed by atoms with Gasteiger partial charge in [-0.2, -0.15) is 0 Å². The number of aromatic hydroxyl groups is 1. The average molecular weight is 320 g/mol. The molecule has 120 valence electrons. The summed E-state index contributed by atoms with van der Waals surface area (Å²) in [6, 6.07) is 4.45. The number of rotatable bonds is 3. The van der Waals surface area contributed by atoms with Crippen molar-refractivity contribution in [1.29, 1.82) is 0 Å². The number of pyridine rings is 1. The van der Waals surface area contributed by atoms with Gasteiger partial charge in [-0.15, -0.1) is 0 Å². The third kappa shape index (κ3) is 3.29. The van der Waals surface area contributed by atoms with Gasteiger partial charge in [-0.1, -0.05) is 6.07 Å². The Labute approximate surface area is 130 Å². The van der Waals surface area contributed by atoms with Gasteiger partial charge < -0.3 is 15.2 Å². The van der Waals surface area contributed by atoms with Gasteiger partial charge >= 0.3 is 0 Å². The summed E-state index contributed by atoms with van der Waals surface area (Å²) in [6.07, 6.45) is 2.54. The maximum atomic E-state index is 13.4. The second kappa shape index (κ2) is 6.29. The molecular weight excluding hydrogens is 306 g/mol. The van der Waals surface area contributed by atoms with E-state index in [0.29, 0.717) is 18.6 Å². The minimum absolute atomic E-state index is 0.113. The van der Waals surface area contributed by atoms with Gasteiger partial charge in [0.15, 0.2) is 11.6 Å². The van der Waals surface area contributed by atoms with Gasteiger partial charge in [-0.05, 0) is 30.2 Å². The van der Waals surface area contributed by atoms with Gasteiger partial charge in [0.1, 0.15) is 11.9 Å². The highest BCUT2D eigenvalue weighted by Crippen LogP contribution is 2.30. The molecule has 7 heteroatoms. The molecule has 2 heterocycles. The molecule has 1 aromatic carbocycles. The molecule has 0 saturated carbocycles. The van der Waals surface area contributed by atoms with Crippen LogP contribution in [0.15, 0.2) is 36.7 Å². The predicted octanol–water partition coefficient (Wildman–Crippen LogP) is 2.33. The monoisotopic (exact) mass is 320 g/mol. The highest BCUT2D eigenvalue weighted by Gasteiger charge is 2.31. The molecule has 23 heavy (non-hydrogen) atoms. The van der Waals surface area contributed by atoms with Gasteiger partial charge in [0, 0.05) is 12.8 Å². The summed E-state index contributed by atoms with van der Waals surface area (Å²) in [5.74, 6) is -2.42. The number of hydrogen-bond acceptors (Lipinski definition) is 4. The third-order valence-corrected chi connectivity index (χ3v) is 3.67. The lowest BCUT2D eigenvalue weighted by atomic mass is 10.0. The summed E-state index contributed by atoms with van der Waals surface area (Å²) in [5, 5.41) is 12.1. The van der Waals surface area contributed by atoms with Gasteiger partial charge in [0.25, 0.3) is 5.91 Å². The van der Waals surface area contributed by atoms with Crippen molar-refractivity contribution in [3.05, 3.63) is 59.4 Å². The SMILES string of the molecule is O=C(N[C@@H]1CCO[C@H]1c1ccc(F)c(F)c1)c1cncc(O)c1. The molecule has 1 aromatic heterocycles. The first-order valence-corrected chi connectivity index (χ1v) is 7.06. The smallest absolute Gasteiger partial charge is 0.253 e. The maximum Gasteiger partial charge on any atom is 0.253 e. The van der Waals surface area contributed by atoms with Crippen LogP contribution in [0.25, 0.3) is 0 Å². The van der Waals surface area contributed by atoms with E-state index in [1.165, 1.54) is 24.5 Å². The van der Waals surface area contributed by atoms with E-state index in [1.807, 2.05) is 0 Å². The fourth-order valence-corrected chi connectivity index (χ4v) is 2.56. The minimum Gasteiger partial charge on any atom is -0.506 e. The Morgan fingerprint density at radius 2 is 2.09 bits per heavy atom. The van der Waals surface area contributed by atoms with Gasteiger partial charge in [-0.25, -0.2) is 8.78 Å². The van der Waals surface area contributed by atoms with Crippen molar-refractivity contribution < 1.29 is 23.4 Å². The molecule has 0 radical (unpaired) electrons. The summed E-state index contributed by atoms with van der Waals surface area (Å²) in [4.78, 5) is 15.9. The van der Waals surface area contributed by atoms with Crippen LogP contribution < -0.4 is 5.32 Å². The summed E-state index contributed by atoms with van der Waals surface area (Å²) < 4.78 is 32.0. The summed E-state index contributed by atoms with van der Waals surface area (Å²) in [7, 11) is 0. The standard InChI is InChI=1S/C16H14F2N2O3/c17-12-2-1-9(6-13(12)18)15-14(3-4-23-15)20-16(22)10-5-11(21)8-19-7-10/h1-2,5-8,14-15,21H,3-4H2,(H,20,22)/t14-,15+/m1/s1. The quantitative estimate of drug-likeness (QED) is 0.910. The van der Waals surface area contributed by atoms with Crippen LogP contribution in [-0.4, -0.2) is 28.6 Å². The van der Waals surface area contributed by atoms with E-state index in [1.54, 1.807) is 0 Å². The van der Waals surface area contributed by atoms with Crippen LogP contribution in [0.2, 0.25) is 0 Å². The van der Waals surface area contributed by atoms with Gasteiger partial charge in [0.05, 0.1) is 17.8 Å². The Hall–Kier alpha value is -2.54. The fourth-order valence-electron chi connectivity index (χ4n) is 2.56. The average Bonchev–Trinajstić information content (AvgIpc) is 2.98. The first kappa shape index (κ1) is 15.4. The highest BCUT2D eigenvalue weighted by molar-refractivity contribution is 5.94. The number of nitrogens with zero attached hydrogens (tertiary/aromatic N) is 1. The van der Waals surface area contributed by atoms with Crippen molar-refractivity contribution in [2.24, 2.45) is 0 Å². The molecule has 5 nitrogen and oxygen atoms in total. The maximum absolute atomic E-state index is 13.4. The molecule has 2 aromatic rings. The Balaban J connectivity index is 1.76. The molecule has 0 aliphatic carbocycles. The van der Waals surface area contributed by atoms with Crippen LogP contribution in [0.3, 0.4) is 0 Å². The van der Waals surface area contributed by atoms with Crippen LogP contribution in [0.5, 0.6) is 5.75 Å². The van der Waals surface area contributed by atoms with Crippen LogP contribution in [0.4, 0.5) is 8.78 Å². The summed E-state index contributed by atoms with van der Waals surface area (Å²) >= 11 is 0. The third-order valence-electron chi connectivity index (χ3n) is 3.67. The Morgan fingerprint density at radius 3 is 2.83 bits per heavy atom. The summed E-state index contributed by atoms with van der Waals surface area (Å²) in [5.41, 5.74) is 0.668. The van der Waals surface area contributed by atoms with E-state index in [0.717, 1.165) is 12.1 Å². The van der Waals surface area contributed by atoms with Gasteiger partial charge in [-0.3, -0.25) is 9.78 Å². The van der Waals surface area contributed by atoms with Crippen molar-refractivity contribution in [3.8, 4) is 5.75 Å². The number of benzene rings is 1. The minimum atomic E-state index is -0.958. The van der Waals surface area contributed by atoms with Crippen molar-refractivity contribution in [2.75, 3.05) is 6.61 Å². The number of aromatic nitrogens is 1. The number of hydrogen-bond donors (Lipinski definition) is 2. The predicted molar refractivity (Wildman–Crippen MR) is 76.8 cm³/mol. The number of halogens is 2. The Kier molecular flexibility index (Phi) is 4.20. The number of carbonyl (C=O) groups is 1. The first-order chi connectivity index (χ1) is 11.0. The molecule has 1 fully saturated rings. The topological polar surface area (TPSA) is 71.5 Å². The lowest BCUT2D eigenvalue weighted by Gasteiger charge is -2.20. The van der Waals surface area contributed by atoms with Crippen molar-refractivity contribution in [2.45, 2.75) is 18.6 Å². The number of ether oxygens (including phenoxy) is 1. The molecule has 0 spiro atoms. The molecule has 1 amide bonds. The lowest BCUT2D eigenvalue weighted by molar-refractivity contribution is 0.0820. The van der Waals surface area contributed by atoms with Crippen LogP contribution in [-0.2, 0) is 4.74 Å². The largest absolute Gasteiger partial charge is 0.506 e. The van der Waals surface area contributed by atoms with E-state index >= 15 is 0 Å². The van der Waals surface area contributed by atoms with E-state index < -0.39 is 23.6 Å². The molecule has 2 N–H and O–H groups in total. The number of carbonyl (C=O) groups excluding carboxylic acids is 1. The fraction of sp³-hybridized carbons (Fsp3) is 0.250. The van der Waals surface area contributed by atoms with E-state index in [2.05, 4.69) is 10.3 Å². The second-order valence-corrected chi connectivity index (χ2v) is 5.27. The molecule has 0 unspecified atom stereocenters. The zero-order valence-electron chi connectivity index (χ0n) is 12.0. The molecule has 1 aliphatic rings. The first-order valence-electron chi connectivity index (χ1n) is 7.06. The summed E-state index contributed by atoms with van der Waals surface area (Å²) in [6.45, 7) is 0.396. The molecule has 1 aliphatic heterocycles. The molecular formula is C16H14F2N2O3. The zero-order chi connectivity index (χ0) is 16.4. The Morgan fingerprint density at radius 1 is 1.26 bits per heavy atom. The van der Waals surface area contributed by atoms with Crippen LogP contribution in [0.1, 0.15) is 28.4 Å². The molecule has 1 saturated heterocycles. The van der Waals surface area contributed by atoms with Crippen molar-refractivity contribution in [3.63, 3.8) is 0 Å². The zero-order valence-corrected chi connectivity index (χ0v) is 12.0.